The second-order valence-corrected chi connectivity index (χ2v) is 12.4. The molecule has 2 aliphatic rings. The van der Waals surface area contributed by atoms with E-state index in [1.54, 1.807) is 13.0 Å². The molecule has 2 aliphatic heterocycles. The average molecular weight is 633 g/mol. The van der Waals surface area contributed by atoms with Gasteiger partial charge in [0.2, 0.25) is 11.4 Å². The van der Waals surface area contributed by atoms with Crippen molar-refractivity contribution in [1.82, 2.24) is 0 Å². The predicted octanol–water partition coefficient (Wildman–Crippen LogP) is 3.20. The number of aliphatic carboxylic acids is 3. The van der Waals surface area contributed by atoms with Crippen LogP contribution in [-0.2, 0) is 39.8 Å². The van der Waals surface area contributed by atoms with Gasteiger partial charge in [0.05, 0.1) is 6.10 Å². The van der Waals surface area contributed by atoms with Crippen molar-refractivity contribution in [2.75, 3.05) is 0 Å². The van der Waals surface area contributed by atoms with Gasteiger partial charge in [0.15, 0.2) is 12.2 Å². The van der Waals surface area contributed by atoms with Crippen LogP contribution in [0.5, 0.6) is 0 Å². The van der Waals surface area contributed by atoms with E-state index in [2.05, 4.69) is 6.58 Å². The van der Waals surface area contributed by atoms with Gasteiger partial charge < -0.3 is 39.7 Å². The summed E-state index contributed by atoms with van der Waals surface area (Å²) >= 11 is 0. The van der Waals surface area contributed by atoms with Crippen LogP contribution in [0.1, 0.15) is 58.9 Å². The number of ether oxygens (including phenoxy) is 3. The number of rotatable bonds is 16. The largest absolute Gasteiger partial charge is 0.481 e. The summed E-state index contributed by atoms with van der Waals surface area (Å²) in [6, 6.07) is 9.41. The number of hydrogen-bond donors (Lipinski definition) is 5. The van der Waals surface area contributed by atoms with Gasteiger partial charge in [-0.2, -0.15) is 0 Å². The Balaban J connectivity index is 1.91. The number of hydrogen-bond acceptors (Lipinski definition) is 9. The van der Waals surface area contributed by atoms with Crippen LogP contribution in [0.4, 0.5) is 0 Å². The lowest BCUT2D eigenvalue weighted by molar-refractivity contribution is -0.342. The summed E-state index contributed by atoms with van der Waals surface area (Å²) in [5, 5.41) is 52.7. The molecule has 2 fully saturated rings. The highest BCUT2D eigenvalue weighted by Crippen LogP contribution is 2.54. The molecule has 3 rings (SSSR count). The van der Waals surface area contributed by atoms with Crippen LogP contribution in [0.2, 0.25) is 0 Å². The van der Waals surface area contributed by atoms with E-state index in [1.807, 2.05) is 51.1 Å². The first-order valence-electron chi connectivity index (χ1n) is 15.1. The third-order valence-electron chi connectivity index (χ3n) is 8.86. The molecule has 5 N–H and O–H groups in total. The number of carbonyl (C=O) groups is 4. The third-order valence-corrected chi connectivity index (χ3v) is 8.86. The number of aliphatic hydroxyl groups is 2. The second-order valence-electron chi connectivity index (χ2n) is 12.4. The normalized spacial score (nSPS) is 30.3. The number of fused-ring (bicyclic) bond motifs is 2. The number of carboxylic acid groups (broad SMARTS) is 3. The van der Waals surface area contributed by atoms with E-state index in [0.717, 1.165) is 24.5 Å². The lowest BCUT2D eigenvalue weighted by atomic mass is 9.78. The summed E-state index contributed by atoms with van der Waals surface area (Å²) < 4.78 is 16.7. The zero-order valence-electron chi connectivity index (χ0n) is 26.0. The van der Waals surface area contributed by atoms with Crippen molar-refractivity contribution in [3.05, 3.63) is 60.2 Å². The maximum Gasteiger partial charge on any atom is 0.341 e. The van der Waals surface area contributed by atoms with Gasteiger partial charge in [-0.15, -0.1) is 0 Å². The van der Waals surface area contributed by atoms with Gasteiger partial charge in [-0.1, -0.05) is 77.1 Å². The quantitative estimate of drug-likeness (QED) is 0.102. The topological polar surface area (TPSA) is 197 Å². The highest BCUT2D eigenvalue weighted by atomic mass is 16.8. The van der Waals surface area contributed by atoms with Gasteiger partial charge in [0.1, 0.15) is 12.0 Å². The summed E-state index contributed by atoms with van der Waals surface area (Å²) in [4.78, 5) is 50.3. The number of allylic oxidation sites excluding steroid dienone is 1. The molecule has 0 amide bonds. The van der Waals surface area contributed by atoms with Crippen molar-refractivity contribution in [2.24, 2.45) is 23.7 Å². The number of carbonyl (C=O) groups excluding carboxylic acids is 1. The van der Waals surface area contributed by atoms with Gasteiger partial charge in [-0.3, -0.25) is 4.79 Å². The molecule has 12 nitrogen and oxygen atoms in total. The van der Waals surface area contributed by atoms with E-state index in [1.165, 1.54) is 0 Å². The Bertz CT molecular complexity index is 1280. The highest BCUT2D eigenvalue weighted by molar-refractivity contribution is 5.93. The molecule has 45 heavy (non-hydrogen) atoms. The zero-order chi connectivity index (χ0) is 33.7. The van der Waals surface area contributed by atoms with Gasteiger partial charge in [0.25, 0.3) is 0 Å². The standard InChI is InChI=1S/C33H44O12/c1-6-18(2)16-19(3)12-13-23(34)43-28-27(36)32(15-14-20(4)25(35)21(5)17-22-10-8-7-9-11-22)44-26(30(39)40)24(29(37)38)33(28,45-32)31(41)42/h7-13,18-19,21,24-28,35-36H,4,6,14-17H2,1-3,5H3,(H,37,38)(H,39,40)(H,41,42)/b13-12+/t18-,19+,21+,24-,25+,26-,27+,28+,32-,33-/m0/s1. The molecular weight excluding hydrogens is 588 g/mol. The summed E-state index contributed by atoms with van der Waals surface area (Å²) in [6.07, 6.45) is -3.36. The minimum absolute atomic E-state index is 0.0514. The van der Waals surface area contributed by atoms with E-state index in [4.69, 9.17) is 14.2 Å². The Morgan fingerprint density at radius 1 is 1.07 bits per heavy atom. The van der Waals surface area contributed by atoms with Crippen molar-refractivity contribution in [2.45, 2.75) is 95.6 Å². The SMILES string of the molecule is C=C(CC[C@]12O[C@H](C(=O)O)[C@@H](C(=O)O)[C@](C(=O)O)(O1)[C@H](OC(=O)/C=C/[C@@H](C)C[C@@H](C)CC)[C@H]2O)[C@@H](O)[C@H](C)Cc1ccccc1. The molecule has 248 valence electrons. The van der Waals surface area contributed by atoms with Crippen molar-refractivity contribution >= 4 is 23.9 Å². The Morgan fingerprint density at radius 2 is 1.71 bits per heavy atom. The van der Waals surface area contributed by atoms with E-state index in [-0.39, 0.29) is 23.8 Å². The van der Waals surface area contributed by atoms with Crippen molar-refractivity contribution in [3.63, 3.8) is 0 Å². The molecule has 0 saturated carbocycles. The molecule has 2 bridgehead atoms. The minimum Gasteiger partial charge on any atom is -0.481 e. The lowest BCUT2D eigenvalue weighted by Crippen LogP contribution is -2.66. The van der Waals surface area contributed by atoms with Crippen LogP contribution in [0, 0.1) is 23.7 Å². The van der Waals surface area contributed by atoms with E-state index < -0.39 is 72.0 Å². The molecule has 1 aromatic carbocycles. The molecule has 0 radical (unpaired) electrons. The lowest BCUT2D eigenvalue weighted by Gasteiger charge is -2.44. The van der Waals surface area contributed by atoms with E-state index in [0.29, 0.717) is 12.3 Å². The average Bonchev–Trinajstić information content (AvgIpc) is 3.18. The zero-order valence-corrected chi connectivity index (χ0v) is 26.0. The monoisotopic (exact) mass is 632 g/mol. The Hall–Kier alpha value is -3.58. The van der Waals surface area contributed by atoms with Crippen LogP contribution in [-0.4, -0.2) is 85.2 Å². The molecular formula is C33H44O12. The second kappa shape index (κ2) is 14.7. The van der Waals surface area contributed by atoms with Gasteiger partial charge in [-0.25, -0.2) is 14.4 Å². The van der Waals surface area contributed by atoms with Crippen LogP contribution >= 0.6 is 0 Å². The highest BCUT2D eigenvalue weighted by Gasteiger charge is 2.79. The smallest absolute Gasteiger partial charge is 0.341 e. The molecule has 2 heterocycles. The Labute approximate surface area is 262 Å². The molecule has 10 atom stereocenters. The Kier molecular flexibility index (Phi) is 11.7. The maximum atomic E-state index is 12.9. The molecule has 12 heteroatoms. The molecule has 0 aliphatic carbocycles. The fraction of sp³-hybridized carbons (Fsp3) is 0.576. The van der Waals surface area contributed by atoms with Crippen molar-refractivity contribution < 1.29 is 58.9 Å². The van der Waals surface area contributed by atoms with Crippen molar-refractivity contribution in [3.8, 4) is 0 Å². The first-order chi connectivity index (χ1) is 21.1. The van der Waals surface area contributed by atoms with Crippen LogP contribution < -0.4 is 0 Å². The van der Waals surface area contributed by atoms with E-state index >= 15 is 0 Å². The molecule has 2 saturated heterocycles. The number of benzene rings is 1. The fourth-order valence-corrected chi connectivity index (χ4v) is 6.20. The summed E-state index contributed by atoms with van der Waals surface area (Å²) in [5.41, 5.74) is -1.78. The molecule has 1 aromatic rings. The van der Waals surface area contributed by atoms with Gasteiger partial charge in [0, 0.05) is 12.5 Å². The maximum absolute atomic E-state index is 12.9. The van der Waals surface area contributed by atoms with Crippen LogP contribution in [0.3, 0.4) is 0 Å². The predicted molar refractivity (Wildman–Crippen MR) is 160 cm³/mol. The summed E-state index contributed by atoms with van der Waals surface area (Å²) in [7, 11) is 0. The van der Waals surface area contributed by atoms with Crippen LogP contribution in [0.25, 0.3) is 0 Å². The molecule has 0 spiro atoms. The summed E-state index contributed by atoms with van der Waals surface area (Å²) in [5.74, 6) is -11.5. The minimum atomic E-state index is -3.01. The fourth-order valence-electron chi connectivity index (χ4n) is 6.20. The summed E-state index contributed by atoms with van der Waals surface area (Å²) in [6.45, 7) is 11.7. The molecule has 0 unspecified atom stereocenters. The number of carboxylic acids is 3. The van der Waals surface area contributed by atoms with Gasteiger partial charge >= 0.3 is 23.9 Å². The Morgan fingerprint density at radius 3 is 2.27 bits per heavy atom. The van der Waals surface area contributed by atoms with Crippen LogP contribution in [0.15, 0.2) is 54.6 Å². The first-order valence-corrected chi connectivity index (χ1v) is 15.1. The number of esters is 1. The number of aliphatic hydroxyl groups excluding tert-OH is 2. The first kappa shape index (κ1) is 35.9. The third kappa shape index (κ3) is 7.63. The van der Waals surface area contributed by atoms with Gasteiger partial charge in [-0.05, 0) is 48.2 Å². The molecule has 0 aromatic heterocycles. The van der Waals surface area contributed by atoms with Crippen molar-refractivity contribution in [1.29, 1.82) is 0 Å². The van der Waals surface area contributed by atoms with E-state index in [9.17, 15) is 44.7 Å².